The summed E-state index contributed by atoms with van der Waals surface area (Å²) in [6, 6.07) is 52.6. The first-order valence-electron chi connectivity index (χ1n) is 15.0. The Morgan fingerprint density at radius 3 is 2.05 bits per heavy atom. The van der Waals surface area contributed by atoms with Crippen molar-refractivity contribution in [2.24, 2.45) is 0 Å². The van der Waals surface area contributed by atoms with Gasteiger partial charge in [-0.25, -0.2) is 4.98 Å². The van der Waals surface area contributed by atoms with Crippen molar-refractivity contribution in [2.45, 2.75) is 12.8 Å². The van der Waals surface area contributed by atoms with Gasteiger partial charge in [-0.15, -0.1) is 0 Å². The van der Waals surface area contributed by atoms with Crippen LogP contribution in [0.15, 0.2) is 146 Å². The Morgan fingerprint density at radius 1 is 0.465 bits per heavy atom. The van der Waals surface area contributed by atoms with E-state index in [2.05, 4.69) is 150 Å². The number of hydrogen-bond acceptors (Lipinski definition) is 1. The molecule has 202 valence electrons. The Balaban J connectivity index is 1.29. The summed E-state index contributed by atoms with van der Waals surface area (Å²) in [5.41, 5.74) is 13.9. The van der Waals surface area contributed by atoms with Crippen LogP contribution in [-0.4, -0.2) is 9.55 Å². The van der Waals surface area contributed by atoms with E-state index >= 15 is 0 Å². The monoisotopic (exact) mass is 548 g/mol. The lowest BCUT2D eigenvalue weighted by atomic mass is 9.83. The first kappa shape index (κ1) is 24.2. The average Bonchev–Trinajstić information content (AvgIpc) is 3.43. The second kappa shape index (κ2) is 9.54. The van der Waals surface area contributed by atoms with Gasteiger partial charge in [0.25, 0.3) is 0 Å². The Labute approximate surface area is 250 Å². The second-order valence-electron chi connectivity index (χ2n) is 11.5. The summed E-state index contributed by atoms with van der Waals surface area (Å²) in [5, 5.41) is 3.80. The smallest absolute Gasteiger partial charge is 0.138 e. The minimum atomic E-state index is 0.947. The highest BCUT2D eigenvalue weighted by Crippen LogP contribution is 2.43. The highest BCUT2D eigenvalue weighted by atomic mass is 15.1. The Bertz CT molecular complexity index is 2330. The maximum absolute atomic E-state index is 5.28. The molecule has 0 N–H and O–H groups in total. The van der Waals surface area contributed by atoms with Gasteiger partial charge < -0.3 is 0 Å². The molecule has 0 bridgehead atoms. The first-order valence-corrected chi connectivity index (χ1v) is 15.0. The zero-order valence-electron chi connectivity index (χ0n) is 23.7. The molecule has 1 aliphatic carbocycles. The number of para-hydroxylation sites is 2. The fourth-order valence-corrected chi connectivity index (χ4v) is 7.14. The second-order valence-corrected chi connectivity index (χ2v) is 11.5. The molecule has 8 aromatic rings. The summed E-state index contributed by atoms with van der Waals surface area (Å²) in [7, 11) is 0. The lowest BCUT2D eigenvalue weighted by Crippen LogP contribution is -2.05. The van der Waals surface area contributed by atoms with Crippen LogP contribution in [0.1, 0.15) is 11.1 Å². The molecule has 0 fully saturated rings. The van der Waals surface area contributed by atoms with Gasteiger partial charge in [-0.3, -0.25) is 4.57 Å². The van der Waals surface area contributed by atoms with Crippen molar-refractivity contribution < 1.29 is 0 Å². The maximum atomic E-state index is 5.28. The van der Waals surface area contributed by atoms with E-state index in [0.29, 0.717) is 0 Å². The zero-order chi connectivity index (χ0) is 28.3. The van der Waals surface area contributed by atoms with E-state index < -0.39 is 0 Å². The van der Waals surface area contributed by atoms with Crippen LogP contribution in [0.4, 0.5) is 0 Å². The third-order valence-corrected chi connectivity index (χ3v) is 9.13. The van der Waals surface area contributed by atoms with E-state index in [1.807, 2.05) is 0 Å². The highest BCUT2D eigenvalue weighted by Gasteiger charge is 2.23. The van der Waals surface area contributed by atoms with Gasteiger partial charge in [-0.05, 0) is 81.6 Å². The summed E-state index contributed by atoms with van der Waals surface area (Å²) in [6.07, 6.45) is 2.11. The molecular formula is C41H28N2. The number of nitrogens with zero attached hydrogens (tertiary/aromatic N) is 2. The van der Waals surface area contributed by atoms with Crippen LogP contribution in [-0.2, 0) is 12.8 Å². The molecular weight excluding hydrogens is 520 g/mol. The first-order chi connectivity index (χ1) is 21.3. The van der Waals surface area contributed by atoms with Gasteiger partial charge in [-0.1, -0.05) is 121 Å². The topological polar surface area (TPSA) is 17.8 Å². The number of pyridine rings is 1. The molecule has 2 heterocycles. The zero-order valence-corrected chi connectivity index (χ0v) is 23.7. The number of hydrogen-bond donors (Lipinski definition) is 0. The molecule has 2 aromatic heterocycles. The molecule has 2 heteroatoms. The van der Waals surface area contributed by atoms with Crippen LogP contribution in [0.5, 0.6) is 0 Å². The van der Waals surface area contributed by atoms with Gasteiger partial charge >= 0.3 is 0 Å². The van der Waals surface area contributed by atoms with Crippen LogP contribution in [0.3, 0.4) is 0 Å². The van der Waals surface area contributed by atoms with Crippen molar-refractivity contribution in [2.75, 3.05) is 0 Å². The molecule has 0 spiro atoms. The normalized spacial score (nSPS) is 12.5. The minimum absolute atomic E-state index is 0.947. The average molecular weight is 549 g/mol. The molecule has 9 rings (SSSR count). The standard InChI is InChI=1S/C41H28N2/c1-2-10-27(11-3-1)28-18-20-30(21-19-28)36-26-40(42-37-16-8-6-14-33(36)37)43-38-17-9-7-15-35(38)41-34-23-22-29-12-4-5-13-31(29)32(34)24-25-39(41)43/h1-21,24-26H,22-23H2. The molecule has 1 aliphatic rings. The Kier molecular flexibility index (Phi) is 5.36. The number of aryl methyl sites for hydroxylation is 2. The molecule has 0 saturated carbocycles. The van der Waals surface area contributed by atoms with E-state index in [4.69, 9.17) is 4.98 Å². The summed E-state index contributed by atoms with van der Waals surface area (Å²) in [4.78, 5) is 5.28. The van der Waals surface area contributed by atoms with Crippen molar-refractivity contribution in [3.05, 3.63) is 157 Å². The van der Waals surface area contributed by atoms with Gasteiger partial charge in [0, 0.05) is 16.2 Å². The predicted octanol–water partition coefficient (Wildman–Crippen LogP) is 10.4. The fraction of sp³-hybridized carbons (Fsp3) is 0.0488. The van der Waals surface area contributed by atoms with Crippen molar-refractivity contribution in [3.8, 4) is 39.2 Å². The quantitative estimate of drug-likeness (QED) is 0.215. The van der Waals surface area contributed by atoms with Gasteiger partial charge in [-0.2, -0.15) is 0 Å². The molecule has 0 amide bonds. The van der Waals surface area contributed by atoms with Crippen molar-refractivity contribution in [3.63, 3.8) is 0 Å². The number of fused-ring (bicyclic) bond motifs is 8. The molecule has 0 saturated heterocycles. The Hall–Kier alpha value is -5.47. The number of rotatable bonds is 3. The summed E-state index contributed by atoms with van der Waals surface area (Å²) in [5.74, 6) is 0.947. The fourth-order valence-electron chi connectivity index (χ4n) is 7.14. The van der Waals surface area contributed by atoms with Gasteiger partial charge in [0.2, 0.25) is 0 Å². The summed E-state index contributed by atoms with van der Waals surface area (Å²) >= 11 is 0. The number of aromatic nitrogens is 2. The Morgan fingerprint density at radius 2 is 1.16 bits per heavy atom. The van der Waals surface area contributed by atoms with Gasteiger partial charge in [0.05, 0.1) is 16.6 Å². The van der Waals surface area contributed by atoms with Crippen LogP contribution >= 0.6 is 0 Å². The largest absolute Gasteiger partial charge is 0.294 e. The molecule has 6 aromatic carbocycles. The maximum Gasteiger partial charge on any atom is 0.138 e. The van der Waals surface area contributed by atoms with Crippen LogP contribution in [0, 0.1) is 0 Å². The van der Waals surface area contributed by atoms with Crippen molar-refractivity contribution in [1.29, 1.82) is 0 Å². The SMILES string of the molecule is c1ccc(-c2ccc(-c3cc(-n4c5ccccc5c5c6c(ccc54)-c4ccccc4CC6)nc4ccccc34)cc2)cc1. The van der Waals surface area contributed by atoms with E-state index in [9.17, 15) is 0 Å². The van der Waals surface area contributed by atoms with E-state index in [1.54, 1.807) is 0 Å². The lowest BCUT2D eigenvalue weighted by Gasteiger charge is -2.21. The van der Waals surface area contributed by atoms with E-state index in [-0.39, 0.29) is 0 Å². The molecule has 0 radical (unpaired) electrons. The predicted molar refractivity (Wildman–Crippen MR) is 180 cm³/mol. The van der Waals surface area contributed by atoms with Crippen LogP contribution in [0.25, 0.3) is 71.9 Å². The van der Waals surface area contributed by atoms with Crippen LogP contribution in [0.2, 0.25) is 0 Å². The van der Waals surface area contributed by atoms with E-state index in [1.165, 1.54) is 66.3 Å². The summed E-state index contributed by atoms with van der Waals surface area (Å²) in [6.45, 7) is 0. The van der Waals surface area contributed by atoms with E-state index in [0.717, 1.165) is 29.6 Å². The van der Waals surface area contributed by atoms with Crippen LogP contribution < -0.4 is 0 Å². The molecule has 0 aliphatic heterocycles. The number of benzene rings is 6. The molecule has 2 nitrogen and oxygen atoms in total. The third kappa shape index (κ3) is 3.77. The van der Waals surface area contributed by atoms with Gasteiger partial charge in [0.15, 0.2) is 0 Å². The molecule has 43 heavy (non-hydrogen) atoms. The van der Waals surface area contributed by atoms with Crippen molar-refractivity contribution in [1.82, 2.24) is 9.55 Å². The highest BCUT2D eigenvalue weighted by molar-refractivity contribution is 6.13. The third-order valence-electron chi connectivity index (χ3n) is 9.13. The van der Waals surface area contributed by atoms with Crippen molar-refractivity contribution >= 4 is 32.7 Å². The summed E-state index contributed by atoms with van der Waals surface area (Å²) < 4.78 is 2.37. The van der Waals surface area contributed by atoms with Gasteiger partial charge in [0.1, 0.15) is 5.82 Å². The minimum Gasteiger partial charge on any atom is -0.294 e. The lowest BCUT2D eigenvalue weighted by molar-refractivity contribution is 0.951. The molecule has 0 unspecified atom stereocenters. The molecule has 0 atom stereocenters.